The lowest BCUT2D eigenvalue weighted by Crippen LogP contribution is -2.45. The Morgan fingerprint density at radius 1 is 1.24 bits per heavy atom. The van der Waals surface area contributed by atoms with Crippen LogP contribution in [-0.4, -0.2) is 30.8 Å². The van der Waals surface area contributed by atoms with Gasteiger partial charge in [-0.3, -0.25) is 0 Å². The van der Waals surface area contributed by atoms with Gasteiger partial charge in [0.05, 0.1) is 12.2 Å². The zero-order valence-electron chi connectivity index (χ0n) is 13.7. The molecule has 0 aliphatic carbocycles. The van der Waals surface area contributed by atoms with Crippen molar-refractivity contribution < 1.29 is 4.74 Å². The summed E-state index contributed by atoms with van der Waals surface area (Å²) in [4.78, 5) is 2.41. The molecule has 1 saturated heterocycles. The number of nitrogens with one attached hydrogen (secondary N) is 1. The number of morpholine rings is 1. The number of ether oxygens (including phenoxy) is 1. The highest BCUT2D eigenvalue weighted by molar-refractivity contribution is 9.10. The van der Waals surface area contributed by atoms with Crippen molar-refractivity contribution in [1.29, 1.82) is 0 Å². The summed E-state index contributed by atoms with van der Waals surface area (Å²) in [5.74, 6) is 0. The summed E-state index contributed by atoms with van der Waals surface area (Å²) < 4.78 is 6.97. The summed E-state index contributed by atoms with van der Waals surface area (Å²) in [5, 5.41) is 3.53. The standard InChI is InChI=1S/C17H27BrN2O/c1-12-10-20(11-13(2)21-12)15-7-6-14(16(18)8-15)9-19-17(3,4)5/h6-8,12-13,19H,9-11H2,1-5H3/t12-,13+. The fourth-order valence-corrected chi connectivity index (χ4v) is 3.13. The molecule has 2 rings (SSSR count). The van der Waals surface area contributed by atoms with Crippen LogP contribution >= 0.6 is 15.9 Å². The molecule has 118 valence electrons. The van der Waals surface area contributed by atoms with Crippen LogP contribution in [0.2, 0.25) is 0 Å². The molecule has 1 aromatic carbocycles. The molecule has 2 atom stereocenters. The van der Waals surface area contributed by atoms with E-state index in [1.807, 2.05) is 0 Å². The van der Waals surface area contributed by atoms with E-state index in [1.54, 1.807) is 0 Å². The van der Waals surface area contributed by atoms with E-state index in [2.05, 4.69) is 79.0 Å². The molecule has 1 aliphatic heterocycles. The fourth-order valence-electron chi connectivity index (χ4n) is 2.63. The smallest absolute Gasteiger partial charge is 0.0726 e. The first-order chi connectivity index (χ1) is 9.74. The zero-order chi connectivity index (χ0) is 15.6. The average Bonchev–Trinajstić information content (AvgIpc) is 2.35. The van der Waals surface area contributed by atoms with E-state index in [9.17, 15) is 0 Å². The second-order valence-electron chi connectivity index (χ2n) is 7.04. The molecule has 21 heavy (non-hydrogen) atoms. The van der Waals surface area contributed by atoms with Crippen LogP contribution in [-0.2, 0) is 11.3 Å². The van der Waals surface area contributed by atoms with Gasteiger partial charge in [0, 0.05) is 35.3 Å². The van der Waals surface area contributed by atoms with Crippen LogP contribution in [0.5, 0.6) is 0 Å². The fraction of sp³-hybridized carbons (Fsp3) is 0.647. The summed E-state index contributed by atoms with van der Waals surface area (Å²) >= 11 is 3.71. The van der Waals surface area contributed by atoms with Crippen LogP contribution in [0.3, 0.4) is 0 Å². The Labute approximate surface area is 137 Å². The van der Waals surface area contributed by atoms with Crippen molar-refractivity contribution in [3.8, 4) is 0 Å². The molecule has 0 saturated carbocycles. The van der Waals surface area contributed by atoms with Gasteiger partial charge in [0.2, 0.25) is 0 Å². The van der Waals surface area contributed by atoms with E-state index in [0.717, 1.165) is 19.6 Å². The monoisotopic (exact) mass is 354 g/mol. The highest BCUT2D eigenvalue weighted by atomic mass is 79.9. The Balaban J connectivity index is 2.08. The van der Waals surface area contributed by atoms with Crippen molar-refractivity contribution in [3.63, 3.8) is 0 Å². The Kier molecular flexibility index (Phi) is 5.33. The van der Waals surface area contributed by atoms with E-state index < -0.39 is 0 Å². The van der Waals surface area contributed by atoms with Crippen LogP contribution in [0.25, 0.3) is 0 Å². The first-order valence-corrected chi connectivity index (χ1v) is 8.48. The van der Waals surface area contributed by atoms with Gasteiger partial charge in [-0.2, -0.15) is 0 Å². The van der Waals surface area contributed by atoms with Crippen LogP contribution in [0.4, 0.5) is 5.69 Å². The topological polar surface area (TPSA) is 24.5 Å². The normalized spacial score (nSPS) is 23.4. The van der Waals surface area contributed by atoms with Gasteiger partial charge < -0.3 is 15.0 Å². The molecule has 0 amide bonds. The van der Waals surface area contributed by atoms with Gasteiger partial charge >= 0.3 is 0 Å². The van der Waals surface area contributed by atoms with Crippen LogP contribution in [0.15, 0.2) is 22.7 Å². The van der Waals surface area contributed by atoms with Crippen molar-refractivity contribution in [2.75, 3.05) is 18.0 Å². The molecule has 1 aromatic rings. The summed E-state index contributed by atoms with van der Waals surface area (Å²) in [6, 6.07) is 6.66. The molecule has 3 nitrogen and oxygen atoms in total. The molecule has 0 radical (unpaired) electrons. The van der Waals surface area contributed by atoms with E-state index >= 15 is 0 Å². The summed E-state index contributed by atoms with van der Waals surface area (Å²) in [6.45, 7) is 13.6. The Morgan fingerprint density at radius 3 is 2.38 bits per heavy atom. The molecule has 1 fully saturated rings. The van der Waals surface area contributed by atoms with Gasteiger partial charge in [-0.05, 0) is 52.3 Å². The predicted octanol–water partition coefficient (Wildman–Crippen LogP) is 3.95. The Morgan fingerprint density at radius 2 is 1.86 bits per heavy atom. The summed E-state index contributed by atoms with van der Waals surface area (Å²) in [6.07, 6.45) is 0.574. The second kappa shape index (κ2) is 6.67. The number of benzene rings is 1. The first kappa shape index (κ1) is 16.8. The largest absolute Gasteiger partial charge is 0.372 e. The first-order valence-electron chi connectivity index (χ1n) is 7.68. The SMILES string of the molecule is C[C@@H]1CN(c2ccc(CNC(C)(C)C)c(Br)c2)C[C@H](C)O1. The maximum atomic E-state index is 5.80. The number of nitrogens with zero attached hydrogens (tertiary/aromatic N) is 1. The summed E-state index contributed by atoms with van der Waals surface area (Å²) in [7, 11) is 0. The van der Waals surface area contributed by atoms with E-state index in [1.165, 1.54) is 15.7 Å². The number of anilines is 1. The average molecular weight is 355 g/mol. The van der Waals surface area contributed by atoms with E-state index in [0.29, 0.717) is 0 Å². The molecular formula is C17H27BrN2O. The highest BCUT2D eigenvalue weighted by Gasteiger charge is 2.22. The van der Waals surface area contributed by atoms with Gasteiger partial charge in [0.1, 0.15) is 0 Å². The van der Waals surface area contributed by atoms with Crippen molar-refractivity contribution in [3.05, 3.63) is 28.2 Å². The van der Waals surface area contributed by atoms with Crippen LogP contribution in [0.1, 0.15) is 40.2 Å². The van der Waals surface area contributed by atoms with Gasteiger partial charge in [-0.25, -0.2) is 0 Å². The number of hydrogen-bond donors (Lipinski definition) is 1. The third-order valence-electron chi connectivity index (χ3n) is 3.63. The lowest BCUT2D eigenvalue weighted by Gasteiger charge is -2.37. The number of halogens is 1. The molecule has 0 spiro atoms. The van der Waals surface area contributed by atoms with Gasteiger partial charge in [-0.15, -0.1) is 0 Å². The molecule has 1 heterocycles. The van der Waals surface area contributed by atoms with Crippen molar-refractivity contribution in [1.82, 2.24) is 5.32 Å². The number of rotatable bonds is 3. The van der Waals surface area contributed by atoms with E-state index in [-0.39, 0.29) is 17.7 Å². The van der Waals surface area contributed by atoms with Crippen LogP contribution in [0, 0.1) is 0 Å². The molecular weight excluding hydrogens is 328 g/mol. The Bertz CT molecular complexity index is 474. The lowest BCUT2D eigenvalue weighted by molar-refractivity contribution is -0.00522. The molecule has 1 aliphatic rings. The minimum Gasteiger partial charge on any atom is -0.372 e. The van der Waals surface area contributed by atoms with Crippen LogP contribution < -0.4 is 10.2 Å². The zero-order valence-corrected chi connectivity index (χ0v) is 15.3. The van der Waals surface area contributed by atoms with Gasteiger partial charge in [-0.1, -0.05) is 22.0 Å². The summed E-state index contributed by atoms with van der Waals surface area (Å²) in [5.41, 5.74) is 2.69. The molecule has 0 unspecified atom stereocenters. The number of hydrogen-bond acceptors (Lipinski definition) is 3. The molecule has 0 aromatic heterocycles. The maximum absolute atomic E-state index is 5.80. The van der Waals surface area contributed by atoms with Gasteiger partial charge in [0.15, 0.2) is 0 Å². The minimum absolute atomic E-state index is 0.132. The van der Waals surface area contributed by atoms with Gasteiger partial charge in [0.25, 0.3) is 0 Å². The van der Waals surface area contributed by atoms with Crippen molar-refractivity contribution >= 4 is 21.6 Å². The Hall–Kier alpha value is -0.580. The second-order valence-corrected chi connectivity index (χ2v) is 7.90. The molecule has 1 N–H and O–H groups in total. The molecule has 4 heteroatoms. The molecule has 0 bridgehead atoms. The van der Waals surface area contributed by atoms with Crippen molar-refractivity contribution in [2.24, 2.45) is 0 Å². The quantitative estimate of drug-likeness (QED) is 0.889. The van der Waals surface area contributed by atoms with Crippen molar-refractivity contribution in [2.45, 2.75) is 58.9 Å². The highest BCUT2D eigenvalue weighted by Crippen LogP contribution is 2.27. The predicted molar refractivity (Wildman–Crippen MR) is 93.0 cm³/mol. The van der Waals surface area contributed by atoms with E-state index in [4.69, 9.17) is 4.74 Å². The third kappa shape index (κ3) is 4.97. The minimum atomic E-state index is 0.132. The third-order valence-corrected chi connectivity index (χ3v) is 4.37. The maximum Gasteiger partial charge on any atom is 0.0726 e. The lowest BCUT2D eigenvalue weighted by atomic mass is 10.1.